The highest BCUT2D eigenvalue weighted by atomic mass is 79.9. The molecule has 0 fully saturated rings. The van der Waals surface area contributed by atoms with Crippen LogP contribution in [0.1, 0.15) is 15.9 Å². The average Bonchev–Trinajstić information content (AvgIpc) is 2.42. The van der Waals surface area contributed by atoms with Crippen LogP contribution in [0.25, 0.3) is 0 Å². The normalized spacial score (nSPS) is 10.4. The SMILES string of the molecule is COc1ccc(C(=O)c2cc(N)c(F)cc2F)cc1Br. The van der Waals surface area contributed by atoms with Gasteiger partial charge in [0.15, 0.2) is 5.78 Å². The summed E-state index contributed by atoms with van der Waals surface area (Å²) >= 11 is 3.24. The van der Waals surface area contributed by atoms with Crippen molar-refractivity contribution >= 4 is 27.4 Å². The van der Waals surface area contributed by atoms with Crippen molar-refractivity contribution in [2.24, 2.45) is 0 Å². The summed E-state index contributed by atoms with van der Waals surface area (Å²) in [7, 11) is 1.49. The molecule has 0 saturated heterocycles. The Bertz CT molecular complexity index is 689. The fourth-order valence-corrected chi connectivity index (χ4v) is 2.24. The minimum absolute atomic E-state index is 0.239. The van der Waals surface area contributed by atoms with Gasteiger partial charge in [-0.2, -0.15) is 0 Å². The van der Waals surface area contributed by atoms with Gasteiger partial charge in [-0.05, 0) is 40.2 Å². The molecule has 0 aromatic heterocycles. The largest absolute Gasteiger partial charge is 0.496 e. The lowest BCUT2D eigenvalue weighted by Crippen LogP contribution is -2.07. The second kappa shape index (κ2) is 5.58. The third-order valence-corrected chi connectivity index (χ3v) is 3.36. The lowest BCUT2D eigenvalue weighted by Gasteiger charge is -2.07. The molecule has 0 unspecified atom stereocenters. The first kappa shape index (κ1) is 14.5. The van der Waals surface area contributed by atoms with Crippen molar-refractivity contribution in [3.05, 3.63) is 57.6 Å². The first-order valence-corrected chi connectivity index (χ1v) is 6.36. The van der Waals surface area contributed by atoms with Gasteiger partial charge >= 0.3 is 0 Å². The molecule has 0 amide bonds. The number of rotatable bonds is 3. The van der Waals surface area contributed by atoms with Crippen LogP contribution in [0.4, 0.5) is 14.5 Å². The molecule has 0 heterocycles. The number of hydrogen-bond donors (Lipinski definition) is 1. The predicted octanol–water partition coefficient (Wildman–Crippen LogP) is 3.55. The zero-order valence-corrected chi connectivity index (χ0v) is 12.0. The molecule has 6 heteroatoms. The van der Waals surface area contributed by atoms with Gasteiger partial charge in [0.25, 0.3) is 0 Å². The van der Waals surface area contributed by atoms with Gasteiger partial charge in [-0.1, -0.05) is 0 Å². The van der Waals surface area contributed by atoms with E-state index in [1.165, 1.54) is 19.2 Å². The zero-order chi connectivity index (χ0) is 14.9. The molecule has 2 aromatic carbocycles. The maximum atomic E-state index is 13.7. The molecule has 0 saturated carbocycles. The Balaban J connectivity index is 2.46. The summed E-state index contributed by atoms with van der Waals surface area (Å²) in [6, 6.07) is 6.15. The number of nitrogens with two attached hydrogens (primary N) is 1. The third kappa shape index (κ3) is 2.65. The molecule has 2 aromatic rings. The molecular formula is C14H10BrF2NO2. The minimum atomic E-state index is -0.950. The number of methoxy groups -OCH3 is 1. The number of ether oxygens (including phenoxy) is 1. The monoisotopic (exact) mass is 341 g/mol. The lowest BCUT2D eigenvalue weighted by molar-refractivity contribution is 0.103. The molecule has 2 rings (SSSR count). The average molecular weight is 342 g/mol. The summed E-state index contributed by atoms with van der Waals surface area (Å²) in [6.45, 7) is 0. The highest BCUT2D eigenvalue weighted by molar-refractivity contribution is 9.10. The van der Waals surface area contributed by atoms with E-state index in [0.717, 1.165) is 6.07 Å². The fraction of sp³-hybridized carbons (Fsp3) is 0.0714. The van der Waals surface area contributed by atoms with E-state index >= 15 is 0 Å². The number of carbonyl (C=O) groups excluding carboxylic acids is 1. The van der Waals surface area contributed by atoms with Crippen molar-refractivity contribution < 1.29 is 18.3 Å². The molecule has 2 N–H and O–H groups in total. The summed E-state index contributed by atoms with van der Waals surface area (Å²) in [5, 5.41) is 0. The zero-order valence-electron chi connectivity index (χ0n) is 10.4. The molecular weight excluding hydrogens is 332 g/mol. The summed E-state index contributed by atoms with van der Waals surface area (Å²) in [6.07, 6.45) is 0. The van der Waals surface area contributed by atoms with Crippen LogP contribution in [-0.4, -0.2) is 12.9 Å². The third-order valence-electron chi connectivity index (χ3n) is 2.74. The Morgan fingerprint density at radius 2 is 1.90 bits per heavy atom. The van der Waals surface area contributed by atoms with E-state index in [-0.39, 0.29) is 16.8 Å². The first-order valence-electron chi connectivity index (χ1n) is 5.56. The number of carbonyl (C=O) groups is 1. The van der Waals surface area contributed by atoms with Crippen molar-refractivity contribution in [1.29, 1.82) is 0 Å². The number of anilines is 1. The second-order valence-corrected chi connectivity index (χ2v) is 4.89. The summed E-state index contributed by atoms with van der Waals surface area (Å²) in [5.41, 5.74) is 5.04. The van der Waals surface area contributed by atoms with Gasteiger partial charge in [0.1, 0.15) is 17.4 Å². The number of ketones is 1. The molecule has 0 aliphatic heterocycles. The van der Waals surface area contributed by atoms with Crippen LogP contribution in [-0.2, 0) is 0 Å². The Kier molecular flexibility index (Phi) is 4.04. The Morgan fingerprint density at radius 1 is 1.20 bits per heavy atom. The van der Waals surface area contributed by atoms with Crippen LogP contribution >= 0.6 is 15.9 Å². The second-order valence-electron chi connectivity index (χ2n) is 4.03. The van der Waals surface area contributed by atoms with E-state index < -0.39 is 17.4 Å². The minimum Gasteiger partial charge on any atom is -0.496 e. The van der Waals surface area contributed by atoms with Gasteiger partial charge in [0.05, 0.1) is 22.8 Å². The number of halogens is 3. The van der Waals surface area contributed by atoms with Crippen molar-refractivity contribution in [3.8, 4) is 5.75 Å². The molecule has 0 radical (unpaired) electrons. The highest BCUT2D eigenvalue weighted by Crippen LogP contribution is 2.27. The van der Waals surface area contributed by atoms with Crippen LogP contribution in [0.5, 0.6) is 5.75 Å². The standard InChI is InChI=1S/C14H10BrF2NO2/c1-20-13-3-2-7(4-9(13)15)14(19)8-5-12(18)11(17)6-10(8)16/h2-6H,18H2,1H3. The topological polar surface area (TPSA) is 52.3 Å². The maximum absolute atomic E-state index is 13.7. The Hall–Kier alpha value is -1.95. The summed E-state index contributed by atoms with van der Waals surface area (Å²) < 4.78 is 32.3. The molecule has 0 aliphatic carbocycles. The Labute approximate surface area is 122 Å². The van der Waals surface area contributed by atoms with E-state index in [2.05, 4.69) is 15.9 Å². The van der Waals surface area contributed by atoms with Gasteiger partial charge in [0, 0.05) is 11.6 Å². The molecule has 0 spiro atoms. The van der Waals surface area contributed by atoms with Gasteiger partial charge in [-0.15, -0.1) is 0 Å². The van der Waals surface area contributed by atoms with Crippen LogP contribution in [0.2, 0.25) is 0 Å². The number of benzene rings is 2. The van der Waals surface area contributed by atoms with Gasteiger partial charge in [-0.25, -0.2) is 8.78 Å². The van der Waals surface area contributed by atoms with Gasteiger partial charge in [0.2, 0.25) is 0 Å². The van der Waals surface area contributed by atoms with E-state index in [4.69, 9.17) is 10.5 Å². The van der Waals surface area contributed by atoms with E-state index in [9.17, 15) is 13.6 Å². The molecule has 0 aliphatic rings. The molecule has 3 nitrogen and oxygen atoms in total. The molecule has 104 valence electrons. The van der Waals surface area contributed by atoms with Crippen LogP contribution in [0, 0.1) is 11.6 Å². The van der Waals surface area contributed by atoms with Crippen LogP contribution in [0.15, 0.2) is 34.8 Å². The number of hydrogen-bond acceptors (Lipinski definition) is 3. The van der Waals surface area contributed by atoms with E-state index in [0.29, 0.717) is 16.3 Å². The first-order chi connectivity index (χ1) is 9.43. The molecule has 20 heavy (non-hydrogen) atoms. The molecule has 0 bridgehead atoms. The van der Waals surface area contributed by atoms with E-state index in [1.807, 2.05) is 0 Å². The maximum Gasteiger partial charge on any atom is 0.196 e. The fourth-order valence-electron chi connectivity index (χ4n) is 1.70. The van der Waals surface area contributed by atoms with Crippen molar-refractivity contribution in [2.75, 3.05) is 12.8 Å². The van der Waals surface area contributed by atoms with Crippen LogP contribution < -0.4 is 10.5 Å². The predicted molar refractivity (Wildman–Crippen MR) is 74.9 cm³/mol. The summed E-state index contributed by atoms with van der Waals surface area (Å²) in [4.78, 5) is 12.2. The molecule has 0 atom stereocenters. The lowest BCUT2D eigenvalue weighted by atomic mass is 10.0. The highest BCUT2D eigenvalue weighted by Gasteiger charge is 2.17. The van der Waals surface area contributed by atoms with E-state index in [1.54, 1.807) is 6.07 Å². The van der Waals surface area contributed by atoms with Crippen molar-refractivity contribution in [2.45, 2.75) is 0 Å². The Morgan fingerprint density at radius 3 is 2.50 bits per heavy atom. The van der Waals surface area contributed by atoms with Gasteiger partial charge in [-0.3, -0.25) is 4.79 Å². The van der Waals surface area contributed by atoms with Gasteiger partial charge < -0.3 is 10.5 Å². The summed E-state index contributed by atoms with van der Waals surface area (Å²) in [5.74, 6) is -1.89. The van der Waals surface area contributed by atoms with Crippen molar-refractivity contribution in [1.82, 2.24) is 0 Å². The van der Waals surface area contributed by atoms with Crippen molar-refractivity contribution in [3.63, 3.8) is 0 Å². The van der Waals surface area contributed by atoms with Crippen LogP contribution in [0.3, 0.4) is 0 Å². The number of nitrogen functional groups attached to an aromatic ring is 1. The quantitative estimate of drug-likeness (QED) is 0.686. The smallest absolute Gasteiger partial charge is 0.196 e.